The molecule has 2 aliphatic rings. The number of rotatable bonds is 7. The van der Waals surface area contributed by atoms with Crippen molar-refractivity contribution in [2.45, 2.75) is 18.6 Å². The van der Waals surface area contributed by atoms with Crippen molar-refractivity contribution >= 4 is 34.7 Å². The highest BCUT2D eigenvalue weighted by molar-refractivity contribution is 6.35. The van der Waals surface area contributed by atoms with Crippen LogP contribution in [0.25, 0.3) is 0 Å². The van der Waals surface area contributed by atoms with E-state index in [2.05, 4.69) is 26.3 Å². The van der Waals surface area contributed by atoms with E-state index in [0.717, 1.165) is 6.54 Å². The summed E-state index contributed by atoms with van der Waals surface area (Å²) in [6.07, 6.45) is 4.13. The van der Waals surface area contributed by atoms with Crippen molar-refractivity contribution in [1.29, 1.82) is 10.7 Å². The number of benzene rings is 1. The Balaban J connectivity index is 1.37. The molecule has 38 heavy (non-hydrogen) atoms. The number of morpholine rings is 1. The van der Waals surface area contributed by atoms with Gasteiger partial charge < -0.3 is 24.4 Å². The first-order valence-corrected chi connectivity index (χ1v) is 12.8. The molecule has 1 atom stereocenters. The second kappa shape index (κ2) is 10.8. The molecule has 0 bridgehead atoms. The monoisotopic (exact) mass is 552 g/mol. The average Bonchev–Trinajstić information content (AvgIpc) is 2.91. The van der Waals surface area contributed by atoms with Gasteiger partial charge in [0.05, 0.1) is 47.2 Å². The molecule has 1 spiro atoms. The zero-order valence-corrected chi connectivity index (χ0v) is 22.4. The Morgan fingerprint density at radius 1 is 1.18 bits per heavy atom. The standard InChI is InChI=1S/C27H26Cl2N6O3/c1-16(24-20(28)11-32-12-21(24)29)38-23-8-17(3-4-22(23)36-2)25(31)19-7-18(9-30)26(33-10-19)35-13-27(14-35)15-37-6-5-34-27/h3-4,7-8,10-12,16,31,34H,5-6,13-15H2,1-2H3/t16-/m1/s1. The third kappa shape index (κ3) is 5.00. The van der Waals surface area contributed by atoms with E-state index in [1.807, 2.05) is 6.92 Å². The Hall–Kier alpha value is -3.42. The fourth-order valence-electron chi connectivity index (χ4n) is 4.82. The van der Waals surface area contributed by atoms with Crippen LogP contribution in [0.3, 0.4) is 0 Å². The topological polar surface area (TPSA) is 116 Å². The zero-order valence-electron chi connectivity index (χ0n) is 20.9. The number of ether oxygens (including phenoxy) is 3. The van der Waals surface area contributed by atoms with Crippen LogP contribution in [0.1, 0.15) is 35.3 Å². The van der Waals surface area contributed by atoms with E-state index < -0.39 is 6.10 Å². The summed E-state index contributed by atoms with van der Waals surface area (Å²) in [6, 6.07) is 9.15. The Kier molecular flexibility index (Phi) is 7.41. The number of hydrogen-bond acceptors (Lipinski definition) is 9. The van der Waals surface area contributed by atoms with Crippen LogP contribution in [0.5, 0.6) is 11.5 Å². The Morgan fingerprint density at radius 3 is 2.61 bits per heavy atom. The summed E-state index contributed by atoms with van der Waals surface area (Å²) in [5.41, 5.74) is 2.22. The maximum atomic E-state index is 9.84. The number of methoxy groups -OCH3 is 1. The molecule has 2 saturated heterocycles. The van der Waals surface area contributed by atoms with Crippen molar-refractivity contribution in [2.24, 2.45) is 0 Å². The molecule has 9 nitrogen and oxygen atoms in total. The molecule has 4 heterocycles. The number of hydrogen-bond donors (Lipinski definition) is 2. The summed E-state index contributed by atoms with van der Waals surface area (Å²) in [5.74, 6) is 1.53. The zero-order chi connectivity index (χ0) is 26.9. The van der Waals surface area contributed by atoms with Gasteiger partial charge in [0.25, 0.3) is 0 Å². The van der Waals surface area contributed by atoms with E-state index in [0.29, 0.717) is 75.9 Å². The average molecular weight is 553 g/mol. The molecule has 0 saturated carbocycles. The van der Waals surface area contributed by atoms with Gasteiger partial charge in [-0.15, -0.1) is 0 Å². The highest BCUT2D eigenvalue weighted by atomic mass is 35.5. The van der Waals surface area contributed by atoms with Gasteiger partial charge in [0.2, 0.25) is 0 Å². The lowest BCUT2D eigenvalue weighted by Crippen LogP contribution is -2.74. The summed E-state index contributed by atoms with van der Waals surface area (Å²) in [7, 11) is 1.54. The van der Waals surface area contributed by atoms with E-state index in [1.165, 1.54) is 12.4 Å². The maximum absolute atomic E-state index is 9.84. The predicted octanol–water partition coefficient (Wildman–Crippen LogP) is 4.40. The van der Waals surface area contributed by atoms with Crippen molar-refractivity contribution in [1.82, 2.24) is 15.3 Å². The SMILES string of the molecule is COc1ccc(C(=N)c2cnc(N3CC4(COCCN4)C3)c(C#N)c2)cc1O[C@H](C)c1c(Cl)cncc1Cl. The molecule has 2 aliphatic heterocycles. The molecule has 5 rings (SSSR count). The molecule has 0 unspecified atom stereocenters. The fourth-order valence-corrected chi connectivity index (χ4v) is 5.49. The van der Waals surface area contributed by atoms with Gasteiger partial charge in [-0.05, 0) is 31.2 Å². The number of halogens is 2. The number of nitrogens with zero attached hydrogens (tertiary/aromatic N) is 4. The van der Waals surface area contributed by atoms with Gasteiger partial charge in [0.1, 0.15) is 18.0 Å². The summed E-state index contributed by atoms with van der Waals surface area (Å²) in [4.78, 5) is 10.6. The maximum Gasteiger partial charge on any atom is 0.162 e. The van der Waals surface area contributed by atoms with E-state index in [-0.39, 0.29) is 11.3 Å². The molecule has 3 aromatic rings. The van der Waals surface area contributed by atoms with Crippen LogP contribution >= 0.6 is 23.2 Å². The van der Waals surface area contributed by atoms with Gasteiger partial charge in [-0.1, -0.05) is 23.2 Å². The van der Waals surface area contributed by atoms with Crippen LogP contribution in [0, 0.1) is 16.7 Å². The molecule has 2 N–H and O–H groups in total. The van der Waals surface area contributed by atoms with Crippen LogP contribution in [-0.2, 0) is 4.74 Å². The summed E-state index contributed by atoms with van der Waals surface area (Å²) >= 11 is 12.6. The normalized spacial score (nSPS) is 16.9. The number of nitriles is 1. The number of pyridine rings is 2. The minimum Gasteiger partial charge on any atom is -0.493 e. The molecule has 0 amide bonds. The Bertz CT molecular complexity index is 1390. The molecule has 2 fully saturated rings. The van der Waals surface area contributed by atoms with Crippen molar-refractivity contribution < 1.29 is 14.2 Å². The van der Waals surface area contributed by atoms with Crippen molar-refractivity contribution in [2.75, 3.05) is 44.9 Å². The van der Waals surface area contributed by atoms with Crippen LogP contribution < -0.4 is 19.7 Å². The quantitative estimate of drug-likeness (QED) is 0.414. The third-order valence-corrected chi connectivity index (χ3v) is 7.34. The van der Waals surface area contributed by atoms with E-state index in [4.69, 9.17) is 42.8 Å². The second-order valence-corrected chi connectivity index (χ2v) is 10.2. The first kappa shape index (κ1) is 26.2. The predicted molar refractivity (Wildman–Crippen MR) is 145 cm³/mol. The summed E-state index contributed by atoms with van der Waals surface area (Å²) in [5, 5.41) is 23.0. The lowest BCUT2D eigenvalue weighted by molar-refractivity contribution is 0.0134. The minimum absolute atomic E-state index is 0.0839. The molecule has 196 valence electrons. The molecule has 0 aliphatic carbocycles. The van der Waals surface area contributed by atoms with Gasteiger partial charge >= 0.3 is 0 Å². The van der Waals surface area contributed by atoms with Gasteiger partial charge in [-0.3, -0.25) is 10.4 Å². The number of anilines is 1. The minimum atomic E-state index is -0.508. The van der Waals surface area contributed by atoms with Crippen LogP contribution in [0.4, 0.5) is 5.82 Å². The highest BCUT2D eigenvalue weighted by Crippen LogP contribution is 2.37. The van der Waals surface area contributed by atoms with Crippen LogP contribution in [-0.4, -0.2) is 61.2 Å². The Labute approximate surface area is 230 Å². The van der Waals surface area contributed by atoms with Gasteiger partial charge in [-0.2, -0.15) is 5.26 Å². The number of nitrogens with one attached hydrogen (secondary N) is 2. The number of aromatic nitrogens is 2. The molecule has 1 aromatic carbocycles. The van der Waals surface area contributed by atoms with Crippen LogP contribution in [0.2, 0.25) is 10.0 Å². The van der Waals surface area contributed by atoms with E-state index >= 15 is 0 Å². The second-order valence-electron chi connectivity index (χ2n) is 9.34. The first-order chi connectivity index (χ1) is 18.3. The van der Waals surface area contributed by atoms with E-state index in [9.17, 15) is 5.26 Å². The van der Waals surface area contributed by atoms with Crippen molar-refractivity contribution in [3.8, 4) is 17.6 Å². The van der Waals surface area contributed by atoms with Crippen LogP contribution in [0.15, 0.2) is 42.9 Å². The van der Waals surface area contributed by atoms with Crippen molar-refractivity contribution in [3.05, 3.63) is 75.2 Å². The lowest BCUT2D eigenvalue weighted by Gasteiger charge is -2.52. The first-order valence-electron chi connectivity index (χ1n) is 12.0. The molecule has 0 radical (unpaired) electrons. The van der Waals surface area contributed by atoms with Gasteiger partial charge in [0.15, 0.2) is 11.5 Å². The largest absolute Gasteiger partial charge is 0.493 e. The van der Waals surface area contributed by atoms with Gasteiger partial charge in [0, 0.05) is 54.9 Å². The van der Waals surface area contributed by atoms with Gasteiger partial charge in [-0.25, -0.2) is 4.98 Å². The third-order valence-electron chi connectivity index (χ3n) is 6.74. The molecule has 2 aromatic heterocycles. The van der Waals surface area contributed by atoms with E-state index in [1.54, 1.807) is 37.6 Å². The summed E-state index contributed by atoms with van der Waals surface area (Å²) < 4.78 is 17.3. The molecule has 11 heteroatoms. The molecular weight excluding hydrogens is 527 g/mol. The Morgan fingerprint density at radius 2 is 1.95 bits per heavy atom. The fraction of sp³-hybridized carbons (Fsp3) is 0.333. The molecular formula is C27H26Cl2N6O3. The smallest absolute Gasteiger partial charge is 0.162 e. The van der Waals surface area contributed by atoms with Crippen molar-refractivity contribution in [3.63, 3.8) is 0 Å². The lowest BCUT2D eigenvalue weighted by atomic mass is 9.89. The highest BCUT2D eigenvalue weighted by Gasteiger charge is 2.45. The summed E-state index contributed by atoms with van der Waals surface area (Å²) in [6.45, 7) is 5.43.